The summed E-state index contributed by atoms with van der Waals surface area (Å²) in [7, 11) is 2.11. The summed E-state index contributed by atoms with van der Waals surface area (Å²) < 4.78 is 1.65. The van der Waals surface area contributed by atoms with E-state index >= 15 is 0 Å². The molecule has 3 rings (SSSR count). The van der Waals surface area contributed by atoms with Gasteiger partial charge in [0.2, 0.25) is 0 Å². The van der Waals surface area contributed by atoms with Crippen LogP contribution in [0.3, 0.4) is 0 Å². The van der Waals surface area contributed by atoms with Gasteiger partial charge < -0.3 is 14.9 Å². The predicted octanol–water partition coefficient (Wildman–Crippen LogP) is -0.107. The molecule has 1 aliphatic rings. The van der Waals surface area contributed by atoms with Gasteiger partial charge in [0.1, 0.15) is 5.82 Å². The highest BCUT2D eigenvalue weighted by Gasteiger charge is 2.17. The van der Waals surface area contributed by atoms with Crippen molar-refractivity contribution in [3.05, 3.63) is 18.0 Å². The van der Waals surface area contributed by atoms with Crippen molar-refractivity contribution in [2.24, 2.45) is 0 Å². The van der Waals surface area contributed by atoms with E-state index in [0.717, 1.165) is 32.0 Å². The predicted molar refractivity (Wildman–Crippen MR) is 76.4 cm³/mol. The van der Waals surface area contributed by atoms with E-state index in [4.69, 9.17) is 5.11 Å². The van der Waals surface area contributed by atoms with Gasteiger partial charge >= 0.3 is 5.97 Å². The van der Waals surface area contributed by atoms with Crippen LogP contribution in [-0.2, 0) is 11.2 Å². The minimum absolute atomic E-state index is 0.0290. The summed E-state index contributed by atoms with van der Waals surface area (Å²) in [5.41, 5.74) is 0.647. The molecule has 8 heteroatoms. The van der Waals surface area contributed by atoms with Gasteiger partial charge in [-0.2, -0.15) is 4.52 Å². The van der Waals surface area contributed by atoms with Gasteiger partial charge in [0.25, 0.3) is 0 Å². The number of piperazine rings is 1. The molecule has 1 fully saturated rings. The number of likely N-dealkylation sites (N-methyl/N-ethyl adjacent to an activating group) is 1. The van der Waals surface area contributed by atoms with Crippen LogP contribution >= 0.6 is 0 Å². The first-order valence-corrected chi connectivity index (χ1v) is 7.00. The van der Waals surface area contributed by atoms with Crippen molar-refractivity contribution in [2.45, 2.75) is 12.8 Å². The number of carboxylic acids is 1. The molecule has 2 aromatic heterocycles. The molecule has 0 aliphatic carbocycles. The maximum Gasteiger partial charge on any atom is 0.303 e. The number of anilines is 1. The maximum atomic E-state index is 10.7. The highest BCUT2D eigenvalue weighted by molar-refractivity contribution is 5.66. The van der Waals surface area contributed by atoms with Gasteiger partial charge in [-0.3, -0.25) is 4.79 Å². The molecule has 8 nitrogen and oxygen atoms in total. The lowest BCUT2D eigenvalue weighted by Crippen LogP contribution is -2.45. The molecule has 21 heavy (non-hydrogen) atoms. The zero-order valence-electron chi connectivity index (χ0n) is 11.9. The van der Waals surface area contributed by atoms with Crippen molar-refractivity contribution < 1.29 is 9.90 Å². The van der Waals surface area contributed by atoms with Crippen LogP contribution in [0, 0.1) is 0 Å². The molecule has 1 aliphatic heterocycles. The summed E-state index contributed by atoms with van der Waals surface area (Å²) in [5, 5.41) is 21.4. The Morgan fingerprint density at radius 3 is 2.71 bits per heavy atom. The van der Waals surface area contributed by atoms with Crippen LogP contribution in [0.25, 0.3) is 5.65 Å². The SMILES string of the molecule is CN1CCN(c2ccc3nnc(CCC(=O)O)n3n2)CC1. The van der Waals surface area contributed by atoms with Crippen LogP contribution in [0.2, 0.25) is 0 Å². The van der Waals surface area contributed by atoms with E-state index in [2.05, 4.69) is 32.1 Å². The molecule has 0 aromatic carbocycles. The smallest absolute Gasteiger partial charge is 0.303 e. The summed E-state index contributed by atoms with van der Waals surface area (Å²) in [6, 6.07) is 3.81. The van der Waals surface area contributed by atoms with Gasteiger partial charge in [-0.15, -0.1) is 15.3 Å². The minimum atomic E-state index is -0.845. The quantitative estimate of drug-likeness (QED) is 0.841. The third kappa shape index (κ3) is 2.94. The summed E-state index contributed by atoms with van der Waals surface area (Å²) in [6.07, 6.45) is 0.358. The minimum Gasteiger partial charge on any atom is -0.481 e. The van der Waals surface area contributed by atoms with E-state index in [1.165, 1.54) is 0 Å². The second-order valence-electron chi connectivity index (χ2n) is 5.26. The number of aromatic nitrogens is 4. The number of fused-ring (bicyclic) bond motifs is 1. The highest BCUT2D eigenvalue weighted by Crippen LogP contribution is 2.14. The number of hydrogen-bond donors (Lipinski definition) is 1. The molecule has 1 saturated heterocycles. The highest BCUT2D eigenvalue weighted by atomic mass is 16.4. The molecule has 0 bridgehead atoms. The van der Waals surface area contributed by atoms with Gasteiger partial charge in [0.15, 0.2) is 11.5 Å². The standard InChI is InChI=1S/C13H18N6O2/c1-17-6-8-18(9-7-17)12-3-2-10-14-15-11(19(10)16-12)4-5-13(20)21/h2-3H,4-9H2,1H3,(H,20,21). The maximum absolute atomic E-state index is 10.7. The molecular weight excluding hydrogens is 272 g/mol. The van der Waals surface area contributed by atoms with Crippen molar-refractivity contribution in [1.82, 2.24) is 24.7 Å². The van der Waals surface area contributed by atoms with Crippen LogP contribution in [0.1, 0.15) is 12.2 Å². The second-order valence-corrected chi connectivity index (χ2v) is 5.26. The first kappa shape index (κ1) is 13.7. The number of hydrogen-bond acceptors (Lipinski definition) is 6. The number of carboxylic acid groups (broad SMARTS) is 1. The molecule has 0 radical (unpaired) electrons. The molecule has 2 aromatic rings. The molecule has 1 N–H and O–H groups in total. The van der Waals surface area contributed by atoms with Gasteiger partial charge in [-0.1, -0.05) is 0 Å². The number of carbonyl (C=O) groups is 1. The van der Waals surface area contributed by atoms with E-state index in [1.807, 2.05) is 12.1 Å². The number of nitrogens with zero attached hydrogens (tertiary/aromatic N) is 6. The lowest BCUT2D eigenvalue weighted by Gasteiger charge is -2.33. The molecule has 112 valence electrons. The molecule has 0 saturated carbocycles. The Balaban J connectivity index is 1.84. The van der Waals surface area contributed by atoms with Crippen LogP contribution in [-0.4, -0.2) is 69.0 Å². The summed E-state index contributed by atoms with van der Waals surface area (Å²) in [6.45, 7) is 3.88. The Morgan fingerprint density at radius 1 is 1.24 bits per heavy atom. The largest absolute Gasteiger partial charge is 0.481 e. The number of rotatable bonds is 4. The lowest BCUT2D eigenvalue weighted by atomic mass is 10.3. The fraction of sp³-hybridized carbons (Fsp3) is 0.538. The first-order chi connectivity index (χ1) is 10.1. The van der Waals surface area contributed by atoms with E-state index in [0.29, 0.717) is 17.9 Å². The van der Waals surface area contributed by atoms with Crippen LogP contribution < -0.4 is 4.90 Å². The van der Waals surface area contributed by atoms with E-state index < -0.39 is 5.97 Å². The Morgan fingerprint density at radius 2 is 2.00 bits per heavy atom. The average Bonchev–Trinajstić information content (AvgIpc) is 2.88. The molecule has 0 atom stereocenters. The summed E-state index contributed by atoms with van der Waals surface area (Å²) >= 11 is 0. The third-order valence-electron chi connectivity index (χ3n) is 3.70. The van der Waals surface area contributed by atoms with Gasteiger partial charge in [0.05, 0.1) is 6.42 Å². The van der Waals surface area contributed by atoms with E-state index in [-0.39, 0.29) is 6.42 Å². The Kier molecular flexibility index (Phi) is 3.70. The molecule has 3 heterocycles. The summed E-state index contributed by atoms with van der Waals surface area (Å²) in [5.74, 6) is 0.623. The van der Waals surface area contributed by atoms with Gasteiger partial charge in [0, 0.05) is 32.6 Å². The zero-order chi connectivity index (χ0) is 14.8. The van der Waals surface area contributed by atoms with Crippen molar-refractivity contribution in [2.75, 3.05) is 38.1 Å². The number of aryl methyl sites for hydroxylation is 1. The average molecular weight is 290 g/mol. The fourth-order valence-corrected chi connectivity index (χ4v) is 2.40. The second kappa shape index (κ2) is 5.65. The van der Waals surface area contributed by atoms with E-state index in [9.17, 15) is 4.79 Å². The van der Waals surface area contributed by atoms with Crippen LogP contribution in [0.5, 0.6) is 0 Å². The lowest BCUT2D eigenvalue weighted by molar-refractivity contribution is -0.137. The normalized spacial score (nSPS) is 16.5. The Labute approximate surface area is 122 Å². The molecule has 0 spiro atoms. The van der Waals surface area contributed by atoms with Crippen LogP contribution in [0.4, 0.5) is 5.82 Å². The van der Waals surface area contributed by atoms with Crippen molar-refractivity contribution in [3.8, 4) is 0 Å². The molecule has 0 unspecified atom stereocenters. The summed E-state index contributed by atoms with van der Waals surface area (Å²) in [4.78, 5) is 15.2. The molecular formula is C13H18N6O2. The Bertz CT molecular complexity index is 647. The van der Waals surface area contributed by atoms with Crippen LogP contribution in [0.15, 0.2) is 12.1 Å². The Hall–Kier alpha value is -2.22. The monoisotopic (exact) mass is 290 g/mol. The fourth-order valence-electron chi connectivity index (χ4n) is 2.40. The van der Waals surface area contributed by atoms with Crippen molar-refractivity contribution in [3.63, 3.8) is 0 Å². The molecule has 0 amide bonds. The topological polar surface area (TPSA) is 86.9 Å². The van der Waals surface area contributed by atoms with Gasteiger partial charge in [-0.05, 0) is 19.2 Å². The van der Waals surface area contributed by atoms with Crippen molar-refractivity contribution >= 4 is 17.4 Å². The van der Waals surface area contributed by atoms with E-state index in [1.54, 1.807) is 4.52 Å². The number of aliphatic carboxylic acids is 1. The zero-order valence-corrected chi connectivity index (χ0v) is 11.9. The first-order valence-electron chi connectivity index (χ1n) is 7.00. The van der Waals surface area contributed by atoms with Gasteiger partial charge in [-0.25, -0.2) is 0 Å². The third-order valence-corrected chi connectivity index (χ3v) is 3.70. The van der Waals surface area contributed by atoms with Crippen molar-refractivity contribution in [1.29, 1.82) is 0 Å².